The topological polar surface area (TPSA) is 126 Å². The predicted octanol–water partition coefficient (Wildman–Crippen LogP) is 6.81. The maximum absolute atomic E-state index is 13.5. The molecule has 0 radical (unpaired) electrons. The van der Waals surface area contributed by atoms with E-state index in [4.69, 9.17) is 16.6 Å². The second-order valence-corrected chi connectivity index (χ2v) is 9.30. The number of carbonyl (C=O) groups excluding carboxylic acids is 1. The number of hydrogen-bond acceptors (Lipinski definition) is 7. The lowest BCUT2D eigenvalue weighted by molar-refractivity contribution is -0.127. The second kappa shape index (κ2) is 8.66. The van der Waals surface area contributed by atoms with E-state index in [9.17, 15) is 4.79 Å². The van der Waals surface area contributed by atoms with Crippen molar-refractivity contribution in [2.75, 3.05) is 0 Å². The van der Waals surface area contributed by atoms with Crippen LogP contribution in [0, 0.1) is 33.8 Å². The first-order chi connectivity index (χ1) is 14.3. The van der Waals surface area contributed by atoms with Crippen LogP contribution >= 0.6 is 0 Å². The lowest BCUT2D eigenvalue weighted by Gasteiger charge is -2.45. The molecule has 0 aliphatic heterocycles. The van der Waals surface area contributed by atoms with Crippen LogP contribution in [0.2, 0.25) is 0 Å². The van der Waals surface area contributed by atoms with Gasteiger partial charge in [-0.3, -0.25) is 4.79 Å². The number of hydrogen-bond donors (Lipinski definition) is 3. The quantitative estimate of drug-likeness (QED) is 0.401. The minimum atomic E-state index is -1.00. The molecule has 2 aliphatic carbocycles. The summed E-state index contributed by atoms with van der Waals surface area (Å²) in [4.78, 5) is 13.5. The van der Waals surface area contributed by atoms with Gasteiger partial charge in [-0.1, -0.05) is 57.5 Å². The van der Waals surface area contributed by atoms with Crippen LogP contribution in [0.15, 0.2) is 51.4 Å². The fraction of sp³-hybridized carbons (Fsp3) is 0.609. The van der Waals surface area contributed by atoms with E-state index < -0.39 is 17.0 Å². The largest absolute Gasteiger partial charge is 0.296 e. The highest BCUT2D eigenvalue weighted by molar-refractivity contribution is 6.09. The van der Waals surface area contributed by atoms with Gasteiger partial charge < -0.3 is 0 Å². The zero-order valence-electron chi connectivity index (χ0n) is 18.1. The van der Waals surface area contributed by atoms with E-state index in [0.29, 0.717) is 37.3 Å². The summed E-state index contributed by atoms with van der Waals surface area (Å²) in [7, 11) is 0. The molecular weight excluding hydrogens is 376 g/mol. The highest BCUT2D eigenvalue weighted by atomic mass is 16.1. The van der Waals surface area contributed by atoms with Crippen LogP contribution in [-0.2, 0) is 4.79 Å². The molecule has 0 bridgehead atoms. The van der Waals surface area contributed by atoms with Crippen molar-refractivity contribution < 1.29 is 4.79 Å². The lowest BCUT2D eigenvalue weighted by Crippen LogP contribution is -2.45. The third-order valence-electron chi connectivity index (χ3n) is 7.31. The van der Waals surface area contributed by atoms with Crippen LogP contribution in [0.25, 0.3) is 5.57 Å². The number of Topliss-reactive ketones (excluding diaryl/α,β-unsaturated/α-hetero) is 1. The maximum atomic E-state index is 13.5. The van der Waals surface area contributed by atoms with E-state index in [1.807, 2.05) is 30.3 Å². The number of nitrogens with zero attached hydrogens (tertiary/aromatic N) is 3. The highest BCUT2D eigenvalue weighted by Gasteiger charge is 2.58. The number of allylic oxidation sites excluding steroid dienone is 1. The van der Waals surface area contributed by atoms with Crippen molar-refractivity contribution >= 4 is 11.4 Å². The molecule has 0 amide bonds. The van der Waals surface area contributed by atoms with Crippen LogP contribution in [0.3, 0.4) is 0 Å². The third-order valence-corrected chi connectivity index (χ3v) is 7.31. The summed E-state index contributed by atoms with van der Waals surface area (Å²) in [6.45, 7) is 6.59. The van der Waals surface area contributed by atoms with Crippen LogP contribution in [0.5, 0.6) is 0 Å². The van der Waals surface area contributed by atoms with Crippen molar-refractivity contribution in [3.63, 3.8) is 0 Å². The summed E-state index contributed by atoms with van der Waals surface area (Å²) < 4.78 is 0. The molecule has 3 rings (SSSR count). The van der Waals surface area contributed by atoms with E-state index in [-0.39, 0.29) is 11.7 Å². The molecule has 160 valence electrons. The minimum absolute atomic E-state index is 0.129. The first-order valence-electron chi connectivity index (χ1n) is 10.8. The Morgan fingerprint density at radius 1 is 1.00 bits per heavy atom. The Labute approximate surface area is 178 Å². The van der Waals surface area contributed by atoms with Crippen molar-refractivity contribution in [3.05, 3.63) is 41.6 Å². The molecule has 1 spiro atoms. The Bertz CT molecular complexity index is 852. The molecule has 1 saturated carbocycles. The molecule has 1 fully saturated rings. The molecule has 0 aromatic heterocycles. The van der Waals surface area contributed by atoms with Crippen LogP contribution in [0.1, 0.15) is 64.9 Å². The Balaban J connectivity index is 1.98. The second-order valence-electron chi connectivity index (χ2n) is 9.30. The van der Waals surface area contributed by atoms with Gasteiger partial charge in [0.15, 0.2) is 11.8 Å². The zero-order valence-corrected chi connectivity index (χ0v) is 18.1. The van der Waals surface area contributed by atoms with Gasteiger partial charge in [-0.05, 0) is 55.1 Å². The molecule has 2 aliphatic rings. The third kappa shape index (κ3) is 3.55. The van der Waals surface area contributed by atoms with Gasteiger partial charge >= 0.3 is 0 Å². The maximum Gasteiger partial charge on any atom is 0.175 e. The standard InChI is InChI=1S/C23H32N6O/c1-15(2)9-10-16(3)23(29-26)13-11-22(12-14-23)18(17-7-5-4-6-8-17)19(27-24)20(28-25)21(22)30/h4-8,15-16,20,24-26H,9-14H2,1-3H3. The van der Waals surface area contributed by atoms with Gasteiger partial charge in [-0.25, -0.2) is 16.6 Å². The van der Waals surface area contributed by atoms with Crippen molar-refractivity contribution in [1.29, 1.82) is 16.6 Å². The van der Waals surface area contributed by atoms with Crippen LogP contribution in [0.4, 0.5) is 0 Å². The first kappa shape index (κ1) is 22.1. The molecule has 3 N–H and O–H groups in total. The van der Waals surface area contributed by atoms with E-state index in [2.05, 4.69) is 36.1 Å². The van der Waals surface area contributed by atoms with E-state index in [1.165, 1.54) is 0 Å². The summed E-state index contributed by atoms with van der Waals surface area (Å²) in [6.07, 6.45) is 4.51. The summed E-state index contributed by atoms with van der Waals surface area (Å²) in [5, 5.41) is 11.3. The number of ketones is 1. The van der Waals surface area contributed by atoms with Crippen LogP contribution < -0.4 is 0 Å². The fourth-order valence-electron chi connectivity index (χ4n) is 5.33. The van der Waals surface area contributed by atoms with Gasteiger partial charge in [-0.15, -0.1) is 0 Å². The zero-order chi connectivity index (χ0) is 21.9. The molecule has 1 aromatic carbocycles. The van der Waals surface area contributed by atoms with Crippen molar-refractivity contribution in [2.45, 2.75) is 70.9 Å². The summed E-state index contributed by atoms with van der Waals surface area (Å²) in [5.41, 5.74) is 23.9. The normalized spacial score (nSPS) is 30.0. The van der Waals surface area contributed by atoms with Gasteiger partial charge in [-0.2, -0.15) is 15.3 Å². The minimum Gasteiger partial charge on any atom is -0.296 e. The summed E-state index contributed by atoms with van der Waals surface area (Å²) in [6, 6.07) is 8.60. The molecule has 0 saturated heterocycles. The fourth-order valence-corrected chi connectivity index (χ4v) is 5.33. The monoisotopic (exact) mass is 408 g/mol. The molecule has 1 aromatic rings. The Morgan fingerprint density at radius 3 is 2.13 bits per heavy atom. The van der Waals surface area contributed by atoms with Gasteiger partial charge in [0.25, 0.3) is 0 Å². The van der Waals surface area contributed by atoms with E-state index in [1.54, 1.807) is 0 Å². The van der Waals surface area contributed by atoms with Gasteiger partial charge in [0.05, 0.1) is 11.0 Å². The van der Waals surface area contributed by atoms with Crippen LogP contribution in [-0.4, -0.2) is 17.4 Å². The molecular formula is C23H32N6O. The molecule has 0 heterocycles. The molecule has 30 heavy (non-hydrogen) atoms. The van der Waals surface area contributed by atoms with Crippen molar-refractivity contribution in [1.82, 2.24) is 0 Å². The Kier molecular flexibility index (Phi) is 6.38. The number of nitrogens with one attached hydrogen (secondary N) is 3. The average Bonchev–Trinajstić information content (AvgIpc) is 3.00. The average molecular weight is 409 g/mol. The van der Waals surface area contributed by atoms with E-state index in [0.717, 1.165) is 24.0 Å². The molecule has 7 heteroatoms. The summed E-state index contributed by atoms with van der Waals surface area (Å²) >= 11 is 0. The molecule has 7 nitrogen and oxygen atoms in total. The number of carbonyl (C=O) groups is 1. The van der Waals surface area contributed by atoms with E-state index >= 15 is 0 Å². The highest BCUT2D eigenvalue weighted by Crippen LogP contribution is 2.58. The summed E-state index contributed by atoms with van der Waals surface area (Å²) in [5.74, 6) is 0.748. The predicted molar refractivity (Wildman–Crippen MR) is 114 cm³/mol. The Morgan fingerprint density at radius 2 is 1.63 bits per heavy atom. The van der Waals surface area contributed by atoms with Crippen molar-refractivity contribution in [3.8, 4) is 0 Å². The molecule has 2 atom stereocenters. The smallest absolute Gasteiger partial charge is 0.175 e. The van der Waals surface area contributed by atoms with Gasteiger partial charge in [0.1, 0.15) is 5.70 Å². The van der Waals surface area contributed by atoms with Gasteiger partial charge in [0.2, 0.25) is 0 Å². The van der Waals surface area contributed by atoms with Gasteiger partial charge in [0, 0.05) is 0 Å². The number of rotatable bonds is 8. The molecule has 2 unspecified atom stereocenters. The van der Waals surface area contributed by atoms with Crippen molar-refractivity contribution in [2.24, 2.45) is 32.6 Å². The number of benzene rings is 1. The lowest BCUT2D eigenvalue weighted by atomic mass is 9.59. The Hall–Kier alpha value is -2.57. The first-order valence-corrected chi connectivity index (χ1v) is 10.8. The SMILES string of the molecule is CC(C)CCC(C)C1(N=N)CCC2(CC1)C(=O)C(N=N)C(N=N)=C2c1ccccc1.